The molecule has 2 heterocycles. The van der Waals surface area contributed by atoms with Crippen LogP contribution in [-0.4, -0.2) is 29.3 Å². The van der Waals surface area contributed by atoms with Gasteiger partial charge in [0.2, 0.25) is 0 Å². The standard InChI is InChI=1S/C22H23N5O/c28-22(23-18-9-3-1-4-10-18)24-19-11-7-8-17(16-19)20-12-13-21(26-25-20)27-14-5-2-6-15-27/h1,3-4,7-13,16H,2,5-6,14-15H2,(H2,23,24,28). The zero-order chi connectivity index (χ0) is 19.2. The summed E-state index contributed by atoms with van der Waals surface area (Å²) < 4.78 is 0. The number of anilines is 3. The van der Waals surface area contributed by atoms with Crippen LogP contribution in [0.5, 0.6) is 0 Å². The molecule has 1 aromatic heterocycles. The van der Waals surface area contributed by atoms with Gasteiger partial charge in [0.05, 0.1) is 5.69 Å². The van der Waals surface area contributed by atoms with E-state index in [9.17, 15) is 4.79 Å². The topological polar surface area (TPSA) is 70.2 Å². The SMILES string of the molecule is O=C(Nc1ccccc1)Nc1cccc(-c2ccc(N3CCCCC3)nn2)c1. The first-order chi connectivity index (χ1) is 13.8. The maximum atomic E-state index is 12.2. The molecule has 3 aromatic rings. The van der Waals surface area contributed by atoms with Gasteiger partial charge < -0.3 is 15.5 Å². The number of hydrogen-bond donors (Lipinski definition) is 2. The smallest absolute Gasteiger partial charge is 0.323 e. The first-order valence-electron chi connectivity index (χ1n) is 9.60. The van der Waals surface area contributed by atoms with Crippen LogP contribution in [0.1, 0.15) is 19.3 Å². The fourth-order valence-electron chi connectivity index (χ4n) is 3.34. The Kier molecular flexibility index (Phi) is 5.47. The highest BCUT2D eigenvalue weighted by atomic mass is 16.2. The second-order valence-corrected chi connectivity index (χ2v) is 6.85. The zero-order valence-electron chi connectivity index (χ0n) is 15.6. The molecule has 6 heteroatoms. The van der Waals surface area contributed by atoms with Crippen molar-refractivity contribution in [3.8, 4) is 11.3 Å². The predicted molar refractivity (Wildman–Crippen MR) is 113 cm³/mol. The number of carbonyl (C=O) groups is 1. The number of amides is 2. The second kappa shape index (κ2) is 8.52. The molecule has 2 aromatic carbocycles. The highest BCUT2D eigenvalue weighted by Gasteiger charge is 2.13. The summed E-state index contributed by atoms with van der Waals surface area (Å²) in [6, 6.07) is 20.7. The molecule has 0 saturated carbocycles. The van der Waals surface area contributed by atoms with E-state index in [1.807, 2.05) is 66.7 Å². The summed E-state index contributed by atoms with van der Waals surface area (Å²) in [5.74, 6) is 0.931. The molecule has 0 unspecified atom stereocenters. The van der Waals surface area contributed by atoms with Crippen molar-refractivity contribution >= 4 is 23.2 Å². The third kappa shape index (κ3) is 4.46. The van der Waals surface area contributed by atoms with Gasteiger partial charge in [-0.05, 0) is 55.7 Å². The van der Waals surface area contributed by atoms with Crippen LogP contribution in [0, 0.1) is 0 Å². The van der Waals surface area contributed by atoms with Crippen LogP contribution in [0.25, 0.3) is 11.3 Å². The van der Waals surface area contributed by atoms with Crippen molar-refractivity contribution < 1.29 is 4.79 Å². The predicted octanol–water partition coefficient (Wildman–Crippen LogP) is 4.78. The average Bonchev–Trinajstić information content (AvgIpc) is 2.75. The molecule has 1 saturated heterocycles. The normalized spacial score (nSPS) is 13.8. The van der Waals surface area contributed by atoms with Crippen LogP contribution in [0.3, 0.4) is 0 Å². The van der Waals surface area contributed by atoms with Gasteiger partial charge in [-0.2, -0.15) is 0 Å². The molecule has 1 fully saturated rings. The number of hydrogen-bond acceptors (Lipinski definition) is 4. The number of urea groups is 1. The molecule has 6 nitrogen and oxygen atoms in total. The summed E-state index contributed by atoms with van der Waals surface area (Å²) in [6.07, 6.45) is 3.71. The van der Waals surface area contributed by atoms with Gasteiger partial charge in [-0.15, -0.1) is 10.2 Å². The Labute approximate surface area is 164 Å². The fourth-order valence-corrected chi connectivity index (χ4v) is 3.34. The molecule has 4 rings (SSSR count). The molecular formula is C22H23N5O. The van der Waals surface area contributed by atoms with Gasteiger partial charge in [0.15, 0.2) is 5.82 Å². The highest BCUT2D eigenvalue weighted by Crippen LogP contribution is 2.23. The number of carbonyl (C=O) groups excluding carboxylic acids is 1. The third-order valence-electron chi connectivity index (χ3n) is 4.78. The third-order valence-corrected chi connectivity index (χ3v) is 4.78. The molecule has 0 atom stereocenters. The van der Waals surface area contributed by atoms with E-state index in [1.165, 1.54) is 19.3 Å². The summed E-state index contributed by atoms with van der Waals surface area (Å²) in [5, 5.41) is 14.5. The van der Waals surface area contributed by atoms with E-state index in [2.05, 4.69) is 25.7 Å². The van der Waals surface area contributed by atoms with Crippen molar-refractivity contribution in [3.05, 3.63) is 66.7 Å². The van der Waals surface area contributed by atoms with E-state index in [0.29, 0.717) is 5.69 Å². The van der Waals surface area contributed by atoms with Gasteiger partial charge in [0, 0.05) is 30.0 Å². The van der Waals surface area contributed by atoms with Crippen LogP contribution < -0.4 is 15.5 Å². The quantitative estimate of drug-likeness (QED) is 0.691. The number of rotatable bonds is 4. The fraction of sp³-hybridized carbons (Fsp3) is 0.227. The van der Waals surface area contributed by atoms with Gasteiger partial charge in [-0.25, -0.2) is 4.79 Å². The van der Waals surface area contributed by atoms with E-state index >= 15 is 0 Å². The van der Waals surface area contributed by atoms with E-state index in [1.54, 1.807) is 0 Å². The average molecular weight is 373 g/mol. The van der Waals surface area contributed by atoms with Crippen LogP contribution in [0.2, 0.25) is 0 Å². The van der Waals surface area contributed by atoms with E-state index in [-0.39, 0.29) is 6.03 Å². The van der Waals surface area contributed by atoms with Crippen LogP contribution >= 0.6 is 0 Å². The molecule has 2 amide bonds. The van der Waals surface area contributed by atoms with E-state index < -0.39 is 0 Å². The second-order valence-electron chi connectivity index (χ2n) is 6.85. The molecule has 0 bridgehead atoms. The Morgan fingerprint density at radius 3 is 2.29 bits per heavy atom. The summed E-state index contributed by atoms with van der Waals surface area (Å²) in [4.78, 5) is 14.5. The lowest BCUT2D eigenvalue weighted by Gasteiger charge is -2.27. The number of benzene rings is 2. The highest BCUT2D eigenvalue weighted by molar-refractivity contribution is 6.00. The molecule has 0 radical (unpaired) electrons. The maximum absolute atomic E-state index is 12.2. The van der Waals surface area contributed by atoms with Gasteiger partial charge in [-0.3, -0.25) is 0 Å². The lowest BCUT2D eigenvalue weighted by atomic mass is 10.1. The maximum Gasteiger partial charge on any atom is 0.323 e. The summed E-state index contributed by atoms with van der Waals surface area (Å²) >= 11 is 0. The molecule has 142 valence electrons. The number of nitrogens with zero attached hydrogens (tertiary/aromatic N) is 3. The summed E-state index contributed by atoms with van der Waals surface area (Å²) in [5.41, 5.74) is 3.14. The Morgan fingerprint density at radius 2 is 1.54 bits per heavy atom. The van der Waals surface area contributed by atoms with Gasteiger partial charge in [0.25, 0.3) is 0 Å². The lowest BCUT2D eigenvalue weighted by Crippen LogP contribution is -2.30. The van der Waals surface area contributed by atoms with Gasteiger partial charge in [-0.1, -0.05) is 30.3 Å². The molecule has 1 aliphatic rings. The first kappa shape index (κ1) is 18.0. The van der Waals surface area contributed by atoms with Gasteiger partial charge in [0.1, 0.15) is 0 Å². The summed E-state index contributed by atoms with van der Waals surface area (Å²) in [6.45, 7) is 2.09. The largest absolute Gasteiger partial charge is 0.355 e. The number of para-hydroxylation sites is 1. The number of aromatic nitrogens is 2. The van der Waals surface area contributed by atoms with Crippen molar-refractivity contribution in [3.63, 3.8) is 0 Å². The Bertz CT molecular complexity index is 921. The summed E-state index contributed by atoms with van der Waals surface area (Å²) in [7, 11) is 0. The van der Waals surface area contributed by atoms with Crippen molar-refractivity contribution in [2.45, 2.75) is 19.3 Å². The van der Waals surface area contributed by atoms with Crippen molar-refractivity contribution in [1.29, 1.82) is 0 Å². The molecule has 0 spiro atoms. The zero-order valence-corrected chi connectivity index (χ0v) is 15.6. The van der Waals surface area contributed by atoms with Crippen LogP contribution in [0.15, 0.2) is 66.7 Å². The Balaban J connectivity index is 1.43. The Hall–Kier alpha value is -3.41. The van der Waals surface area contributed by atoms with E-state index in [4.69, 9.17) is 0 Å². The minimum absolute atomic E-state index is 0.283. The molecule has 2 N–H and O–H groups in total. The molecule has 28 heavy (non-hydrogen) atoms. The minimum atomic E-state index is -0.283. The number of nitrogens with one attached hydrogen (secondary N) is 2. The molecule has 0 aliphatic carbocycles. The van der Waals surface area contributed by atoms with Gasteiger partial charge >= 0.3 is 6.03 Å². The van der Waals surface area contributed by atoms with Crippen LogP contribution in [0.4, 0.5) is 22.0 Å². The van der Waals surface area contributed by atoms with E-state index in [0.717, 1.165) is 35.9 Å². The lowest BCUT2D eigenvalue weighted by molar-refractivity contribution is 0.262. The Morgan fingerprint density at radius 1 is 0.786 bits per heavy atom. The number of piperidine rings is 1. The minimum Gasteiger partial charge on any atom is -0.355 e. The van der Waals surface area contributed by atoms with Crippen molar-refractivity contribution in [1.82, 2.24) is 10.2 Å². The monoisotopic (exact) mass is 373 g/mol. The van der Waals surface area contributed by atoms with Crippen molar-refractivity contribution in [2.75, 3.05) is 28.6 Å². The van der Waals surface area contributed by atoms with Crippen molar-refractivity contribution in [2.24, 2.45) is 0 Å². The molecule has 1 aliphatic heterocycles. The van der Waals surface area contributed by atoms with Crippen LogP contribution in [-0.2, 0) is 0 Å². The molecular weight excluding hydrogens is 350 g/mol. The first-order valence-corrected chi connectivity index (χ1v) is 9.60.